The molecule has 0 saturated carbocycles. The van der Waals surface area contributed by atoms with Crippen LogP contribution in [0.15, 0.2) is 72.8 Å². The lowest BCUT2D eigenvalue weighted by Crippen LogP contribution is -2.48. The summed E-state index contributed by atoms with van der Waals surface area (Å²) in [5, 5.41) is 7.86. The van der Waals surface area contributed by atoms with Gasteiger partial charge < -0.3 is 19.7 Å². The Labute approximate surface area is 207 Å². The van der Waals surface area contributed by atoms with E-state index in [9.17, 15) is 4.79 Å². The molecule has 0 unspecified atom stereocenters. The summed E-state index contributed by atoms with van der Waals surface area (Å²) in [6, 6.07) is 24.8. The Morgan fingerprint density at radius 2 is 1.43 bits per heavy atom. The van der Waals surface area contributed by atoms with Crippen LogP contribution in [-0.4, -0.2) is 37.2 Å². The van der Waals surface area contributed by atoms with E-state index in [-0.39, 0.29) is 11.6 Å². The maximum absolute atomic E-state index is 13.5. The minimum absolute atomic E-state index is 0.0741. The fourth-order valence-electron chi connectivity index (χ4n) is 4.42. The van der Waals surface area contributed by atoms with Gasteiger partial charge in [-0.3, -0.25) is 0 Å². The third-order valence-electron chi connectivity index (χ3n) is 6.12. The average Bonchev–Trinajstić information content (AvgIpc) is 2.84. The molecule has 0 spiro atoms. The van der Waals surface area contributed by atoms with Gasteiger partial charge in [0, 0.05) is 18.6 Å². The fourth-order valence-corrected chi connectivity index (χ4v) is 4.42. The van der Waals surface area contributed by atoms with Crippen molar-refractivity contribution in [3.63, 3.8) is 0 Å². The number of amides is 2. The maximum atomic E-state index is 13.5. The number of urea groups is 1. The second kappa shape index (κ2) is 10.3. The molecule has 1 N–H and O–H groups in total. The summed E-state index contributed by atoms with van der Waals surface area (Å²) in [5.74, 6) is 1.39. The Bertz CT molecular complexity index is 1290. The molecule has 0 radical (unpaired) electrons. The van der Waals surface area contributed by atoms with Crippen molar-refractivity contribution < 1.29 is 14.3 Å². The highest BCUT2D eigenvalue weighted by Crippen LogP contribution is 2.31. The van der Waals surface area contributed by atoms with E-state index < -0.39 is 0 Å². The van der Waals surface area contributed by atoms with Crippen LogP contribution in [-0.2, 0) is 13.0 Å². The van der Waals surface area contributed by atoms with E-state index in [0.29, 0.717) is 31.0 Å². The lowest BCUT2D eigenvalue weighted by Gasteiger charge is -2.29. The molecule has 0 aliphatic rings. The van der Waals surface area contributed by atoms with Gasteiger partial charge in [0.05, 0.1) is 14.2 Å². The second-order valence-corrected chi connectivity index (χ2v) is 9.84. The molecule has 4 rings (SSSR count). The monoisotopic (exact) mass is 470 g/mol. The van der Waals surface area contributed by atoms with Crippen LogP contribution in [0.2, 0.25) is 0 Å². The zero-order valence-electron chi connectivity index (χ0n) is 21.2. The number of fused-ring (bicyclic) bond motifs is 2. The van der Waals surface area contributed by atoms with Gasteiger partial charge in [0.15, 0.2) is 11.5 Å². The zero-order chi connectivity index (χ0) is 25.0. The lowest BCUT2D eigenvalue weighted by molar-refractivity contribution is 0.187. The number of nitrogens with one attached hydrogen (secondary N) is 1. The zero-order valence-corrected chi connectivity index (χ0v) is 21.2. The minimum Gasteiger partial charge on any atom is -0.493 e. The van der Waals surface area contributed by atoms with Gasteiger partial charge >= 0.3 is 6.03 Å². The number of carbonyl (C=O) groups excluding carboxylic acids is 1. The molecule has 0 saturated heterocycles. The number of hydrogen-bond donors (Lipinski definition) is 1. The van der Waals surface area contributed by atoms with Gasteiger partial charge in [-0.25, -0.2) is 4.79 Å². The van der Waals surface area contributed by atoms with E-state index in [0.717, 1.165) is 11.1 Å². The molecule has 4 aromatic carbocycles. The summed E-state index contributed by atoms with van der Waals surface area (Å²) in [4.78, 5) is 15.4. The fraction of sp³-hybridized carbons (Fsp3) is 0.300. The molecule has 0 atom stereocenters. The molecule has 0 aromatic heterocycles. The first-order valence-electron chi connectivity index (χ1n) is 12.0. The van der Waals surface area contributed by atoms with E-state index in [1.54, 1.807) is 14.2 Å². The van der Waals surface area contributed by atoms with E-state index in [2.05, 4.69) is 59.9 Å². The third kappa shape index (κ3) is 5.68. The van der Waals surface area contributed by atoms with Crippen molar-refractivity contribution in [3.8, 4) is 11.5 Å². The molecule has 0 heterocycles. The van der Waals surface area contributed by atoms with Crippen LogP contribution in [0.3, 0.4) is 0 Å². The number of hydrogen-bond acceptors (Lipinski definition) is 3. The van der Waals surface area contributed by atoms with Crippen LogP contribution in [0.25, 0.3) is 21.5 Å². The molecule has 4 aromatic rings. The SMILES string of the molecule is COc1ccc(CCN(Cc2c3ccccc3cc3ccccc23)C(=O)NC(C)(C)C)cc1OC. The summed E-state index contributed by atoms with van der Waals surface area (Å²) in [6.07, 6.45) is 0.695. The summed E-state index contributed by atoms with van der Waals surface area (Å²) in [7, 11) is 3.26. The first-order chi connectivity index (χ1) is 16.8. The Morgan fingerprint density at radius 1 is 0.829 bits per heavy atom. The number of methoxy groups -OCH3 is 2. The van der Waals surface area contributed by atoms with Gasteiger partial charge in [0.1, 0.15) is 0 Å². The van der Waals surface area contributed by atoms with E-state index >= 15 is 0 Å². The normalized spacial score (nSPS) is 11.5. The van der Waals surface area contributed by atoms with Gasteiger partial charge in [-0.15, -0.1) is 0 Å². The summed E-state index contributed by atoms with van der Waals surface area (Å²) >= 11 is 0. The summed E-state index contributed by atoms with van der Waals surface area (Å²) < 4.78 is 10.8. The van der Waals surface area contributed by atoms with Crippen LogP contribution in [0, 0.1) is 0 Å². The number of rotatable bonds is 7. The Hall–Kier alpha value is -3.73. The van der Waals surface area contributed by atoms with E-state index in [1.165, 1.54) is 21.5 Å². The smallest absolute Gasteiger partial charge is 0.318 e. The molecule has 5 nitrogen and oxygen atoms in total. The van der Waals surface area contributed by atoms with Crippen LogP contribution in [0.1, 0.15) is 31.9 Å². The Balaban J connectivity index is 1.70. The van der Waals surface area contributed by atoms with Crippen LogP contribution < -0.4 is 14.8 Å². The van der Waals surface area contributed by atoms with Crippen LogP contribution >= 0.6 is 0 Å². The highest BCUT2D eigenvalue weighted by molar-refractivity contribution is 6.02. The lowest BCUT2D eigenvalue weighted by atomic mass is 9.96. The van der Waals surface area contributed by atoms with Gasteiger partial charge in [-0.2, -0.15) is 0 Å². The van der Waals surface area contributed by atoms with Gasteiger partial charge in [-0.1, -0.05) is 54.6 Å². The molecule has 0 bridgehead atoms. The number of carbonyl (C=O) groups is 1. The molecular formula is C30H34N2O3. The van der Waals surface area contributed by atoms with Crippen molar-refractivity contribution in [2.24, 2.45) is 0 Å². The van der Waals surface area contributed by atoms with Crippen molar-refractivity contribution in [2.75, 3.05) is 20.8 Å². The Morgan fingerprint density at radius 3 is 2.00 bits per heavy atom. The van der Waals surface area contributed by atoms with E-state index in [1.807, 2.05) is 43.9 Å². The van der Waals surface area contributed by atoms with Gasteiger partial charge in [0.25, 0.3) is 0 Å². The standard InChI is InChI=1S/C30H34N2O3/c1-30(2,3)31-29(33)32(17-16-21-14-15-27(34-4)28(18-21)35-5)20-26-24-12-8-6-10-22(24)19-23-11-7-9-13-25(23)26/h6-15,18-19H,16-17,20H2,1-5H3,(H,31,33). The highest BCUT2D eigenvalue weighted by atomic mass is 16.5. The maximum Gasteiger partial charge on any atom is 0.318 e. The molecule has 0 fully saturated rings. The highest BCUT2D eigenvalue weighted by Gasteiger charge is 2.22. The predicted molar refractivity (Wildman–Crippen MR) is 143 cm³/mol. The van der Waals surface area contributed by atoms with Crippen LogP contribution in [0.4, 0.5) is 4.79 Å². The molecule has 5 heteroatoms. The van der Waals surface area contributed by atoms with Crippen molar-refractivity contribution in [2.45, 2.75) is 39.3 Å². The molecule has 182 valence electrons. The van der Waals surface area contributed by atoms with Crippen LogP contribution in [0.5, 0.6) is 11.5 Å². The van der Waals surface area contributed by atoms with Crippen molar-refractivity contribution in [1.29, 1.82) is 0 Å². The predicted octanol–water partition coefficient (Wildman–Crippen LogP) is 6.56. The average molecular weight is 471 g/mol. The second-order valence-electron chi connectivity index (χ2n) is 9.84. The third-order valence-corrected chi connectivity index (χ3v) is 6.12. The topological polar surface area (TPSA) is 50.8 Å². The molecule has 35 heavy (non-hydrogen) atoms. The Kier molecular flexibility index (Phi) is 7.15. The summed E-state index contributed by atoms with van der Waals surface area (Å²) in [5.41, 5.74) is 1.91. The number of ether oxygens (including phenoxy) is 2. The van der Waals surface area contributed by atoms with Crippen molar-refractivity contribution in [1.82, 2.24) is 10.2 Å². The minimum atomic E-state index is -0.334. The van der Waals surface area contributed by atoms with E-state index in [4.69, 9.17) is 9.47 Å². The first-order valence-corrected chi connectivity index (χ1v) is 12.0. The molecule has 2 amide bonds. The molecule has 0 aliphatic heterocycles. The summed E-state index contributed by atoms with van der Waals surface area (Å²) in [6.45, 7) is 7.09. The molecular weight excluding hydrogens is 436 g/mol. The first kappa shape index (κ1) is 24.4. The largest absolute Gasteiger partial charge is 0.493 e. The molecule has 0 aliphatic carbocycles. The number of nitrogens with zero attached hydrogens (tertiary/aromatic N) is 1. The van der Waals surface area contributed by atoms with Gasteiger partial charge in [0.2, 0.25) is 0 Å². The number of benzene rings is 4. The van der Waals surface area contributed by atoms with Crippen molar-refractivity contribution >= 4 is 27.6 Å². The quantitative estimate of drug-likeness (QED) is 0.311. The van der Waals surface area contributed by atoms with Crippen molar-refractivity contribution in [3.05, 3.63) is 83.9 Å². The van der Waals surface area contributed by atoms with Gasteiger partial charge in [-0.05, 0) is 78.1 Å².